The average molecular weight is 292 g/mol. The lowest BCUT2D eigenvalue weighted by Gasteiger charge is -2.19. The molecule has 0 radical (unpaired) electrons. The van der Waals surface area contributed by atoms with E-state index in [1.807, 2.05) is 13.8 Å². The molecule has 0 spiro atoms. The molecule has 1 amide bonds. The van der Waals surface area contributed by atoms with Crippen molar-refractivity contribution >= 4 is 23.2 Å². The summed E-state index contributed by atoms with van der Waals surface area (Å²) in [6.45, 7) is 4.97. The largest absolute Gasteiger partial charge is 0.368 e. The van der Waals surface area contributed by atoms with Crippen LogP contribution in [0.5, 0.6) is 0 Å². The first kappa shape index (κ1) is 14.7. The van der Waals surface area contributed by atoms with Crippen molar-refractivity contribution in [2.24, 2.45) is 0 Å². The van der Waals surface area contributed by atoms with E-state index in [-0.39, 0.29) is 18.3 Å². The van der Waals surface area contributed by atoms with Gasteiger partial charge in [0, 0.05) is 19.2 Å². The Morgan fingerprint density at radius 2 is 2.24 bits per heavy atom. The van der Waals surface area contributed by atoms with Gasteiger partial charge in [-0.05, 0) is 24.8 Å². The third-order valence-electron chi connectivity index (χ3n) is 2.93. The third kappa shape index (κ3) is 3.07. The van der Waals surface area contributed by atoms with Crippen LogP contribution in [0.2, 0.25) is 0 Å². The zero-order chi connectivity index (χ0) is 15.4. The number of nitrogens with one attached hydrogen (secondary N) is 1. The zero-order valence-corrected chi connectivity index (χ0v) is 11.8. The number of rotatable bonds is 6. The summed E-state index contributed by atoms with van der Waals surface area (Å²) >= 11 is 0. The molecule has 2 heterocycles. The van der Waals surface area contributed by atoms with Gasteiger partial charge in [0.25, 0.3) is 0 Å². The maximum Gasteiger partial charge on any atom is 0.368 e. The van der Waals surface area contributed by atoms with Gasteiger partial charge >= 0.3 is 5.82 Å². The van der Waals surface area contributed by atoms with Crippen LogP contribution in [0.1, 0.15) is 13.8 Å². The minimum Gasteiger partial charge on any atom is -0.358 e. The number of hydrogen-bond acceptors (Lipinski definition) is 6. The Bertz CT molecular complexity index is 668. The van der Waals surface area contributed by atoms with E-state index >= 15 is 0 Å². The van der Waals surface area contributed by atoms with Gasteiger partial charge < -0.3 is 20.3 Å². The number of imidazole rings is 1. The van der Waals surface area contributed by atoms with Gasteiger partial charge in [-0.3, -0.25) is 4.79 Å². The molecule has 0 atom stereocenters. The van der Waals surface area contributed by atoms with Crippen LogP contribution >= 0.6 is 0 Å². The maximum atomic E-state index is 11.7. The Balaban J connectivity index is 2.33. The molecule has 2 aromatic heterocycles. The fraction of sp³-hybridized carbons (Fsp3) is 0.417. The lowest BCUT2D eigenvalue weighted by molar-refractivity contribution is -0.391. The Morgan fingerprint density at radius 3 is 2.86 bits per heavy atom. The van der Waals surface area contributed by atoms with E-state index in [1.165, 1.54) is 0 Å². The van der Waals surface area contributed by atoms with Gasteiger partial charge in [0.15, 0.2) is 5.82 Å². The summed E-state index contributed by atoms with van der Waals surface area (Å²) in [4.78, 5) is 27.7. The smallest absolute Gasteiger partial charge is 0.358 e. The van der Waals surface area contributed by atoms with E-state index in [1.54, 1.807) is 17.0 Å². The van der Waals surface area contributed by atoms with Crippen molar-refractivity contribution in [2.75, 3.05) is 24.5 Å². The number of fused-ring (bicyclic) bond motifs is 1. The number of hydrogen-bond donors (Lipinski definition) is 1. The summed E-state index contributed by atoms with van der Waals surface area (Å²) in [5, 5.41) is 17.8. The number of anilines is 1. The molecule has 9 heteroatoms. The second kappa shape index (κ2) is 6.16. The van der Waals surface area contributed by atoms with Crippen molar-refractivity contribution in [3.8, 4) is 0 Å². The number of likely N-dealkylation sites (N-methyl/N-ethyl adjacent to an activating group) is 2. The Labute approximate surface area is 120 Å². The second-order valence-electron chi connectivity index (χ2n) is 4.30. The molecule has 0 aromatic carbocycles. The fourth-order valence-corrected chi connectivity index (χ4v) is 1.93. The van der Waals surface area contributed by atoms with Crippen LogP contribution in [-0.2, 0) is 4.79 Å². The summed E-state index contributed by atoms with van der Waals surface area (Å²) in [7, 11) is 0. The molecule has 1 N–H and O–H groups in total. The van der Waals surface area contributed by atoms with Gasteiger partial charge in [0.05, 0.1) is 6.54 Å². The van der Waals surface area contributed by atoms with E-state index in [9.17, 15) is 14.9 Å². The quantitative estimate of drug-likeness (QED) is 0.617. The number of carbonyl (C=O) groups is 1. The van der Waals surface area contributed by atoms with Crippen LogP contribution in [-0.4, -0.2) is 45.1 Å². The second-order valence-corrected chi connectivity index (χ2v) is 4.30. The van der Waals surface area contributed by atoms with Gasteiger partial charge in [-0.2, -0.15) is 0 Å². The summed E-state index contributed by atoms with van der Waals surface area (Å²) in [5.74, 6) is 0.152. The highest BCUT2D eigenvalue weighted by Crippen LogP contribution is 2.16. The van der Waals surface area contributed by atoms with Crippen LogP contribution in [0.25, 0.3) is 5.65 Å². The molecule has 0 aliphatic heterocycles. The van der Waals surface area contributed by atoms with Gasteiger partial charge in [-0.1, -0.05) is 9.61 Å². The summed E-state index contributed by atoms with van der Waals surface area (Å²) in [6, 6.07) is 3.32. The van der Waals surface area contributed by atoms with Crippen LogP contribution in [0.3, 0.4) is 0 Å². The van der Waals surface area contributed by atoms with Crippen molar-refractivity contribution in [3.63, 3.8) is 0 Å². The van der Waals surface area contributed by atoms with E-state index in [2.05, 4.69) is 15.4 Å². The number of carbonyl (C=O) groups excluding carboxylic acids is 1. The lowest BCUT2D eigenvalue weighted by atomic mass is 10.4. The Hall–Kier alpha value is -2.71. The van der Waals surface area contributed by atoms with Crippen molar-refractivity contribution in [2.45, 2.75) is 13.8 Å². The SMILES string of the molecule is CCNC(=O)CN(CC)c1ccc2ncc([N+](=O)[O-])n2n1. The first-order valence-corrected chi connectivity index (χ1v) is 6.57. The summed E-state index contributed by atoms with van der Waals surface area (Å²) in [5.41, 5.74) is 0.388. The molecule has 112 valence electrons. The van der Waals surface area contributed by atoms with E-state index in [0.717, 1.165) is 10.7 Å². The molecule has 0 saturated heterocycles. The van der Waals surface area contributed by atoms with Gasteiger partial charge in [0.1, 0.15) is 6.20 Å². The minimum absolute atomic E-state index is 0.124. The number of aromatic nitrogens is 3. The van der Waals surface area contributed by atoms with Crippen molar-refractivity contribution in [1.82, 2.24) is 19.9 Å². The molecule has 0 aliphatic rings. The molecule has 0 saturated carbocycles. The molecule has 2 rings (SSSR count). The molecule has 9 nitrogen and oxygen atoms in total. The molecule has 0 bridgehead atoms. The molecule has 21 heavy (non-hydrogen) atoms. The average Bonchev–Trinajstić information content (AvgIpc) is 2.88. The van der Waals surface area contributed by atoms with Gasteiger partial charge in [0.2, 0.25) is 11.6 Å². The van der Waals surface area contributed by atoms with Crippen LogP contribution in [0.4, 0.5) is 11.6 Å². The highest BCUT2D eigenvalue weighted by molar-refractivity contribution is 5.80. The Morgan fingerprint density at radius 1 is 1.48 bits per heavy atom. The van der Waals surface area contributed by atoms with E-state index in [4.69, 9.17) is 0 Å². The van der Waals surface area contributed by atoms with E-state index in [0.29, 0.717) is 24.6 Å². The highest BCUT2D eigenvalue weighted by atomic mass is 16.6. The molecular formula is C12H16N6O3. The topological polar surface area (TPSA) is 106 Å². The molecule has 0 unspecified atom stereocenters. The van der Waals surface area contributed by atoms with Crippen molar-refractivity contribution in [3.05, 3.63) is 28.4 Å². The summed E-state index contributed by atoms with van der Waals surface area (Å²) in [6.07, 6.45) is 1.16. The van der Waals surface area contributed by atoms with Gasteiger partial charge in [-0.25, -0.2) is 4.98 Å². The third-order valence-corrected chi connectivity index (χ3v) is 2.93. The Kier molecular flexibility index (Phi) is 4.31. The molecule has 2 aromatic rings. The van der Waals surface area contributed by atoms with Crippen LogP contribution in [0, 0.1) is 10.1 Å². The standard InChI is InChI=1S/C12H16N6O3/c1-3-13-11(19)8-16(4-2)10-6-5-9-14-7-12(18(20)21)17(9)15-10/h5-7H,3-4,8H2,1-2H3,(H,13,19). The normalized spacial score (nSPS) is 10.6. The highest BCUT2D eigenvalue weighted by Gasteiger charge is 2.18. The lowest BCUT2D eigenvalue weighted by Crippen LogP contribution is -2.37. The van der Waals surface area contributed by atoms with Crippen molar-refractivity contribution in [1.29, 1.82) is 0 Å². The maximum absolute atomic E-state index is 11.7. The summed E-state index contributed by atoms with van der Waals surface area (Å²) < 4.78 is 1.16. The van der Waals surface area contributed by atoms with Crippen molar-refractivity contribution < 1.29 is 9.72 Å². The zero-order valence-electron chi connectivity index (χ0n) is 11.8. The first-order valence-electron chi connectivity index (χ1n) is 6.57. The van der Waals surface area contributed by atoms with Gasteiger partial charge in [-0.15, -0.1) is 0 Å². The number of nitro groups is 1. The van der Waals surface area contributed by atoms with Crippen LogP contribution in [0.15, 0.2) is 18.3 Å². The predicted molar refractivity (Wildman–Crippen MR) is 76.2 cm³/mol. The fourth-order valence-electron chi connectivity index (χ4n) is 1.93. The van der Waals surface area contributed by atoms with Crippen LogP contribution < -0.4 is 10.2 Å². The molecule has 0 aliphatic carbocycles. The first-order chi connectivity index (χ1) is 10.1. The predicted octanol–water partition coefficient (Wildman–Crippen LogP) is 0.600. The monoisotopic (exact) mass is 292 g/mol. The van der Waals surface area contributed by atoms with E-state index < -0.39 is 4.92 Å². The number of amides is 1. The molecule has 0 fully saturated rings. The molecular weight excluding hydrogens is 276 g/mol. The minimum atomic E-state index is -0.545. The number of nitrogens with zero attached hydrogens (tertiary/aromatic N) is 5.